The Hall–Kier alpha value is -2.43. The summed E-state index contributed by atoms with van der Waals surface area (Å²) in [5.74, 6) is 1.96. The number of nitrogens with zero attached hydrogens (tertiary/aromatic N) is 3. The van der Waals surface area contributed by atoms with Crippen molar-refractivity contribution in [1.29, 1.82) is 0 Å². The first kappa shape index (κ1) is 14.2. The molecule has 5 heteroatoms. The van der Waals surface area contributed by atoms with Gasteiger partial charge in [-0.25, -0.2) is 14.4 Å². The lowest BCUT2D eigenvalue weighted by Crippen LogP contribution is -2.34. The van der Waals surface area contributed by atoms with Crippen molar-refractivity contribution in [2.75, 3.05) is 18.0 Å². The van der Waals surface area contributed by atoms with Gasteiger partial charge < -0.3 is 9.88 Å². The molecule has 4 nitrogen and oxygen atoms in total. The molecule has 1 N–H and O–H groups in total. The van der Waals surface area contributed by atoms with Gasteiger partial charge in [-0.3, -0.25) is 0 Å². The lowest BCUT2D eigenvalue weighted by atomic mass is 9.89. The summed E-state index contributed by atoms with van der Waals surface area (Å²) >= 11 is 0. The molecule has 2 aromatic heterocycles. The van der Waals surface area contributed by atoms with Gasteiger partial charge in [-0.05, 0) is 43.4 Å². The molecule has 4 rings (SSSR count). The molecule has 0 amide bonds. The van der Waals surface area contributed by atoms with Crippen LogP contribution in [0, 0.1) is 12.7 Å². The van der Waals surface area contributed by atoms with E-state index in [1.165, 1.54) is 0 Å². The second-order valence-electron chi connectivity index (χ2n) is 6.12. The Bertz CT molecular complexity index is 834. The molecule has 0 aliphatic carbocycles. The third-order valence-electron chi connectivity index (χ3n) is 4.65. The number of hydrogen-bond donors (Lipinski definition) is 1. The van der Waals surface area contributed by atoms with Crippen LogP contribution in [-0.2, 0) is 0 Å². The minimum Gasteiger partial charge on any atom is -0.356 e. The third-order valence-corrected chi connectivity index (χ3v) is 4.65. The number of piperidine rings is 1. The van der Waals surface area contributed by atoms with E-state index in [4.69, 9.17) is 0 Å². The van der Waals surface area contributed by atoms with E-state index < -0.39 is 0 Å². The Kier molecular flexibility index (Phi) is 3.48. The minimum absolute atomic E-state index is 0.0862. The van der Waals surface area contributed by atoms with Crippen molar-refractivity contribution in [3.05, 3.63) is 53.7 Å². The summed E-state index contributed by atoms with van der Waals surface area (Å²) < 4.78 is 14.0. The molecule has 0 unspecified atom stereocenters. The Labute approximate surface area is 134 Å². The number of benzene rings is 1. The van der Waals surface area contributed by atoms with Crippen LogP contribution in [-0.4, -0.2) is 28.0 Å². The summed E-state index contributed by atoms with van der Waals surface area (Å²) in [6, 6.07) is 9.16. The summed E-state index contributed by atoms with van der Waals surface area (Å²) in [5.41, 5.74) is 1.72. The molecule has 1 aliphatic heterocycles. The van der Waals surface area contributed by atoms with E-state index in [0.29, 0.717) is 0 Å². The fourth-order valence-electron chi connectivity index (χ4n) is 3.48. The van der Waals surface area contributed by atoms with Crippen LogP contribution < -0.4 is 4.90 Å². The number of anilines is 1. The van der Waals surface area contributed by atoms with Crippen molar-refractivity contribution >= 4 is 16.9 Å². The van der Waals surface area contributed by atoms with Crippen molar-refractivity contribution in [3.63, 3.8) is 0 Å². The molecule has 1 fully saturated rings. The van der Waals surface area contributed by atoms with Crippen LogP contribution in [0.3, 0.4) is 0 Å². The van der Waals surface area contributed by atoms with E-state index in [2.05, 4.69) is 19.9 Å². The predicted octanol–water partition coefficient (Wildman–Crippen LogP) is 3.79. The zero-order chi connectivity index (χ0) is 15.8. The number of hydrogen-bond acceptors (Lipinski definition) is 3. The molecule has 118 valence electrons. The first-order chi connectivity index (χ1) is 11.2. The van der Waals surface area contributed by atoms with E-state index in [0.717, 1.165) is 54.2 Å². The zero-order valence-electron chi connectivity index (χ0n) is 13.1. The van der Waals surface area contributed by atoms with Crippen molar-refractivity contribution in [2.24, 2.45) is 0 Å². The van der Waals surface area contributed by atoms with E-state index in [9.17, 15) is 4.39 Å². The summed E-state index contributed by atoms with van der Waals surface area (Å²) in [6.45, 7) is 3.68. The number of fused-ring (bicyclic) bond motifs is 1. The van der Waals surface area contributed by atoms with Gasteiger partial charge in [0.25, 0.3) is 0 Å². The van der Waals surface area contributed by atoms with Gasteiger partial charge in [0, 0.05) is 19.3 Å². The van der Waals surface area contributed by atoms with E-state index in [1.54, 1.807) is 12.1 Å². The normalized spacial score (nSPS) is 16.2. The molecule has 3 aromatic rings. The number of rotatable bonds is 2. The molecular weight excluding hydrogens is 291 g/mol. The standard InChI is InChI=1S/C18H19FN4/c1-12-21-17-15(6-9-20-17)18(22-12)23-10-7-13(8-11-23)14-4-2-3-5-16(14)19/h2-6,9,13H,7-8,10-11H2,1H3,(H,20,21,22). The highest BCUT2D eigenvalue weighted by Gasteiger charge is 2.24. The fraction of sp³-hybridized carbons (Fsp3) is 0.333. The zero-order valence-corrected chi connectivity index (χ0v) is 13.1. The topological polar surface area (TPSA) is 44.8 Å². The quantitative estimate of drug-likeness (QED) is 0.783. The van der Waals surface area contributed by atoms with E-state index in [1.807, 2.05) is 31.3 Å². The molecular formula is C18H19FN4. The molecule has 0 spiro atoms. The van der Waals surface area contributed by atoms with Gasteiger partial charge in [0.1, 0.15) is 23.1 Å². The molecule has 0 bridgehead atoms. The van der Waals surface area contributed by atoms with Crippen molar-refractivity contribution in [2.45, 2.75) is 25.7 Å². The first-order valence-corrected chi connectivity index (χ1v) is 8.03. The number of aromatic nitrogens is 3. The molecule has 0 radical (unpaired) electrons. The fourth-order valence-corrected chi connectivity index (χ4v) is 3.48. The summed E-state index contributed by atoms with van der Waals surface area (Å²) in [6.07, 6.45) is 3.78. The number of nitrogens with one attached hydrogen (secondary N) is 1. The first-order valence-electron chi connectivity index (χ1n) is 8.03. The van der Waals surface area contributed by atoms with Gasteiger partial charge in [0.05, 0.1) is 5.39 Å². The van der Waals surface area contributed by atoms with Crippen LogP contribution >= 0.6 is 0 Å². The SMILES string of the molecule is Cc1nc(N2CCC(c3ccccc3F)CC2)c2cc[nH]c2n1. The van der Waals surface area contributed by atoms with Gasteiger partial charge in [-0.2, -0.15) is 0 Å². The van der Waals surface area contributed by atoms with Crippen LogP contribution in [0.1, 0.15) is 30.1 Å². The van der Waals surface area contributed by atoms with Crippen molar-refractivity contribution in [3.8, 4) is 0 Å². The van der Waals surface area contributed by atoms with Crippen molar-refractivity contribution < 1.29 is 4.39 Å². The maximum atomic E-state index is 14.0. The summed E-state index contributed by atoms with van der Waals surface area (Å²) in [5, 5.41) is 1.06. The Morgan fingerprint density at radius 1 is 1.13 bits per heavy atom. The van der Waals surface area contributed by atoms with Gasteiger partial charge in [0.15, 0.2) is 0 Å². The van der Waals surface area contributed by atoms with E-state index >= 15 is 0 Å². The largest absolute Gasteiger partial charge is 0.356 e. The van der Waals surface area contributed by atoms with Crippen LogP contribution in [0.25, 0.3) is 11.0 Å². The van der Waals surface area contributed by atoms with Crippen LogP contribution in [0.4, 0.5) is 10.2 Å². The summed E-state index contributed by atoms with van der Waals surface area (Å²) in [4.78, 5) is 14.5. The predicted molar refractivity (Wildman–Crippen MR) is 89.2 cm³/mol. The maximum absolute atomic E-state index is 14.0. The Balaban J connectivity index is 1.57. The highest BCUT2D eigenvalue weighted by atomic mass is 19.1. The highest BCUT2D eigenvalue weighted by molar-refractivity contribution is 5.87. The number of aryl methyl sites for hydroxylation is 1. The minimum atomic E-state index is -0.0862. The van der Waals surface area contributed by atoms with Gasteiger partial charge in [-0.15, -0.1) is 0 Å². The van der Waals surface area contributed by atoms with Crippen LogP contribution in [0.2, 0.25) is 0 Å². The molecule has 1 aliphatic rings. The third kappa shape index (κ3) is 2.56. The number of H-pyrrole nitrogens is 1. The Morgan fingerprint density at radius 2 is 1.91 bits per heavy atom. The monoisotopic (exact) mass is 310 g/mol. The molecule has 1 saturated heterocycles. The number of aromatic amines is 1. The van der Waals surface area contributed by atoms with Gasteiger partial charge >= 0.3 is 0 Å². The molecule has 3 heterocycles. The Morgan fingerprint density at radius 3 is 2.70 bits per heavy atom. The average molecular weight is 310 g/mol. The average Bonchev–Trinajstić information content (AvgIpc) is 3.03. The summed E-state index contributed by atoms with van der Waals surface area (Å²) in [7, 11) is 0. The lowest BCUT2D eigenvalue weighted by Gasteiger charge is -2.33. The second kappa shape index (κ2) is 5.65. The number of halogens is 1. The molecule has 0 atom stereocenters. The molecule has 0 saturated carbocycles. The smallest absolute Gasteiger partial charge is 0.143 e. The lowest BCUT2D eigenvalue weighted by molar-refractivity contribution is 0.480. The maximum Gasteiger partial charge on any atom is 0.143 e. The van der Waals surface area contributed by atoms with Gasteiger partial charge in [-0.1, -0.05) is 18.2 Å². The molecule has 23 heavy (non-hydrogen) atoms. The van der Waals surface area contributed by atoms with E-state index in [-0.39, 0.29) is 11.7 Å². The van der Waals surface area contributed by atoms with Crippen LogP contribution in [0.15, 0.2) is 36.5 Å². The van der Waals surface area contributed by atoms with Gasteiger partial charge in [0.2, 0.25) is 0 Å². The highest BCUT2D eigenvalue weighted by Crippen LogP contribution is 2.33. The second-order valence-corrected chi connectivity index (χ2v) is 6.12. The van der Waals surface area contributed by atoms with Crippen molar-refractivity contribution in [1.82, 2.24) is 15.0 Å². The molecule has 1 aromatic carbocycles. The van der Waals surface area contributed by atoms with Crippen LogP contribution in [0.5, 0.6) is 0 Å².